The molecule has 102 valence electrons. The van der Waals surface area contributed by atoms with E-state index >= 15 is 0 Å². The molecule has 2 heterocycles. The lowest BCUT2D eigenvalue weighted by Gasteiger charge is -2.41. The zero-order valence-corrected chi connectivity index (χ0v) is 12.8. The summed E-state index contributed by atoms with van der Waals surface area (Å²) in [6.07, 6.45) is 5.80. The van der Waals surface area contributed by atoms with E-state index in [2.05, 4.69) is 19.8 Å². The van der Waals surface area contributed by atoms with Gasteiger partial charge < -0.3 is 9.80 Å². The fourth-order valence-electron chi connectivity index (χ4n) is 2.03. The zero-order valence-electron chi connectivity index (χ0n) is 11.2. The van der Waals surface area contributed by atoms with E-state index in [4.69, 9.17) is 5.26 Å². The van der Waals surface area contributed by atoms with Crippen LogP contribution in [0.1, 0.15) is 4.88 Å². The monoisotopic (exact) mass is 296 g/mol. The summed E-state index contributed by atoms with van der Waals surface area (Å²) in [6, 6.07) is 0. The van der Waals surface area contributed by atoms with Gasteiger partial charge in [0.1, 0.15) is 4.34 Å². The van der Waals surface area contributed by atoms with Crippen LogP contribution in [-0.2, 0) is 6.54 Å². The van der Waals surface area contributed by atoms with Gasteiger partial charge in [0, 0.05) is 18.1 Å². The van der Waals surface area contributed by atoms with E-state index in [1.54, 1.807) is 23.1 Å². The SMILES string of the molecule is CSc1ncc(CN2CN(C)CN(C)C2=NC#N)s1. The molecule has 8 heteroatoms. The van der Waals surface area contributed by atoms with Crippen molar-refractivity contribution < 1.29 is 0 Å². The summed E-state index contributed by atoms with van der Waals surface area (Å²) in [6.45, 7) is 2.26. The Hall–Kier alpha value is -1.30. The Bertz CT molecular complexity index is 506. The number of rotatable bonds is 3. The molecule has 19 heavy (non-hydrogen) atoms. The van der Waals surface area contributed by atoms with Crippen molar-refractivity contribution in [1.82, 2.24) is 19.7 Å². The molecule has 1 fully saturated rings. The lowest BCUT2D eigenvalue weighted by Crippen LogP contribution is -2.55. The van der Waals surface area contributed by atoms with Crippen molar-refractivity contribution >= 4 is 29.1 Å². The molecular weight excluding hydrogens is 280 g/mol. The summed E-state index contributed by atoms with van der Waals surface area (Å²) >= 11 is 3.33. The van der Waals surface area contributed by atoms with E-state index in [-0.39, 0.29) is 0 Å². The number of hydrogen-bond acceptors (Lipinski definition) is 6. The lowest BCUT2D eigenvalue weighted by molar-refractivity contribution is 0.112. The van der Waals surface area contributed by atoms with E-state index in [1.165, 1.54) is 4.88 Å². The largest absolute Gasteiger partial charge is 0.332 e. The second-order valence-corrected chi connectivity index (χ2v) is 6.51. The van der Waals surface area contributed by atoms with Gasteiger partial charge >= 0.3 is 0 Å². The normalized spacial score (nSPS) is 18.9. The van der Waals surface area contributed by atoms with Gasteiger partial charge in [0.25, 0.3) is 0 Å². The van der Waals surface area contributed by atoms with Crippen LogP contribution in [0.3, 0.4) is 0 Å². The van der Waals surface area contributed by atoms with Crippen molar-refractivity contribution in [3.05, 3.63) is 11.1 Å². The molecule has 0 amide bonds. The molecule has 0 N–H and O–H groups in total. The molecule has 0 unspecified atom stereocenters. The predicted octanol–water partition coefficient (Wildman–Crippen LogP) is 1.30. The van der Waals surface area contributed by atoms with Crippen LogP contribution < -0.4 is 0 Å². The number of hydrogen-bond donors (Lipinski definition) is 0. The van der Waals surface area contributed by atoms with Crippen LogP contribution in [0.25, 0.3) is 0 Å². The first kappa shape index (κ1) is 14.1. The lowest BCUT2D eigenvalue weighted by atomic mass is 10.4. The van der Waals surface area contributed by atoms with E-state index in [0.29, 0.717) is 0 Å². The quantitative estimate of drug-likeness (QED) is 0.619. The Morgan fingerprint density at radius 1 is 1.53 bits per heavy atom. The highest BCUT2D eigenvalue weighted by molar-refractivity contribution is 8.00. The average molecular weight is 296 g/mol. The van der Waals surface area contributed by atoms with Gasteiger partial charge in [-0.2, -0.15) is 5.26 Å². The van der Waals surface area contributed by atoms with Gasteiger partial charge in [-0.15, -0.1) is 16.3 Å². The Morgan fingerprint density at radius 2 is 2.32 bits per heavy atom. The molecule has 1 aliphatic heterocycles. The maximum Gasteiger partial charge on any atom is 0.214 e. The third-order valence-electron chi connectivity index (χ3n) is 2.69. The smallest absolute Gasteiger partial charge is 0.214 e. The molecular formula is C11H16N6S2. The topological polar surface area (TPSA) is 58.8 Å². The van der Waals surface area contributed by atoms with Crippen molar-refractivity contribution in [2.24, 2.45) is 4.99 Å². The van der Waals surface area contributed by atoms with Gasteiger partial charge in [-0.05, 0) is 13.3 Å². The molecule has 0 aliphatic carbocycles. The molecule has 6 nitrogen and oxygen atoms in total. The summed E-state index contributed by atoms with van der Waals surface area (Å²) in [5.41, 5.74) is 0. The number of aromatic nitrogens is 1. The molecule has 1 aliphatic rings. The van der Waals surface area contributed by atoms with Crippen LogP contribution in [-0.4, -0.2) is 59.3 Å². The van der Waals surface area contributed by atoms with E-state index in [9.17, 15) is 0 Å². The minimum Gasteiger partial charge on any atom is -0.332 e. The number of nitriles is 1. The maximum atomic E-state index is 8.81. The summed E-state index contributed by atoms with van der Waals surface area (Å²) < 4.78 is 1.06. The summed E-state index contributed by atoms with van der Waals surface area (Å²) in [5, 5.41) is 8.81. The molecule has 0 saturated carbocycles. The summed E-state index contributed by atoms with van der Waals surface area (Å²) in [4.78, 5) is 15.7. The Morgan fingerprint density at radius 3 is 2.95 bits per heavy atom. The molecule has 0 radical (unpaired) electrons. The predicted molar refractivity (Wildman–Crippen MR) is 77.7 cm³/mol. The zero-order chi connectivity index (χ0) is 13.8. The molecule has 1 aromatic rings. The van der Waals surface area contributed by atoms with Gasteiger partial charge in [0.05, 0.1) is 19.9 Å². The molecule has 0 spiro atoms. The second kappa shape index (κ2) is 6.23. The fourth-order valence-corrected chi connectivity index (χ4v) is 3.50. The second-order valence-electron chi connectivity index (χ2n) is 4.34. The molecule has 1 saturated heterocycles. The van der Waals surface area contributed by atoms with Crippen molar-refractivity contribution in [3.8, 4) is 6.19 Å². The van der Waals surface area contributed by atoms with Crippen LogP contribution in [0.5, 0.6) is 0 Å². The van der Waals surface area contributed by atoms with Crippen molar-refractivity contribution in [3.63, 3.8) is 0 Å². The summed E-state index contributed by atoms with van der Waals surface area (Å²) in [5.74, 6) is 0.722. The average Bonchev–Trinajstić information content (AvgIpc) is 2.81. The fraction of sp³-hybridized carbons (Fsp3) is 0.545. The minimum absolute atomic E-state index is 0.722. The van der Waals surface area contributed by atoms with Crippen molar-refractivity contribution in [2.75, 3.05) is 33.7 Å². The van der Waals surface area contributed by atoms with E-state index in [0.717, 1.165) is 30.2 Å². The number of nitrogens with zero attached hydrogens (tertiary/aromatic N) is 6. The highest BCUT2D eigenvalue weighted by Gasteiger charge is 2.24. The van der Waals surface area contributed by atoms with E-state index < -0.39 is 0 Å². The van der Waals surface area contributed by atoms with Gasteiger partial charge in [-0.25, -0.2) is 4.98 Å². The first-order valence-corrected chi connectivity index (χ1v) is 7.78. The first-order valence-electron chi connectivity index (χ1n) is 5.74. The van der Waals surface area contributed by atoms with Gasteiger partial charge in [0.2, 0.25) is 12.2 Å². The van der Waals surface area contributed by atoms with Gasteiger partial charge in [-0.3, -0.25) is 4.90 Å². The van der Waals surface area contributed by atoms with Crippen LogP contribution in [0.2, 0.25) is 0 Å². The molecule has 1 aromatic heterocycles. The third-order valence-corrected chi connectivity index (χ3v) is 4.67. The first-order chi connectivity index (χ1) is 9.13. The third kappa shape index (κ3) is 3.37. The standard InChI is InChI=1S/C11H16N6S2/c1-15-7-16(2)10(14-6-12)17(8-15)5-9-4-13-11(18-3)19-9/h4H,5,7-8H2,1-3H3. The Labute approximate surface area is 121 Å². The summed E-state index contributed by atoms with van der Waals surface area (Å²) in [7, 11) is 3.99. The van der Waals surface area contributed by atoms with Gasteiger partial charge in [0.15, 0.2) is 0 Å². The Kier molecular flexibility index (Phi) is 4.63. The van der Waals surface area contributed by atoms with Crippen LogP contribution in [0.4, 0.5) is 0 Å². The van der Waals surface area contributed by atoms with Crippen molar-refractivity contribution in [2.45, 2.75) is 10.9 Å². The maximum absolute atomic E-state index is 8.81. The molecule has 0 bridgehead atoms. The molecule has 0 atom stereocenters. The van der Waals surface area contributed by atoms with Crippen LogP contribution in [0.15, 0.2) is 15.5 Å². The Balaban J connectivity index is 2.15. The van der Waals surface area contributed by atoms with Crippen molar-refractivity contribution in [1.29, 1.82) is 5.26 Å². The number of thiazole rings is 1. The number of guanidine groups is 1. The highest BCUT2D eigenvalue weighted by Crippen LogP contribution is 2.23. The number of aliphatic imine (C=N–C) groups is 1. The molecule has 2 rings (SSSR count). The van der Waals surface area contributed by atoms with Crippen LogP contribution in [0, 0.1) is 11.5 Å². The number of thioether (sulfide) groups is 1. The molecule has 0 aromatic carbocycles. The minimum atomic E-state index is 0.722. The van der Waals surface area contributed by atoms with Gasteiger partial charge in [-0.1, -0.05) is 11.8 Å². The highest BCUT2D eigenvalue weighted by atomic mass is 32.2. The van der Waals surface area contributed by atoms with Crippen LogP contribution >= 0.6 is 23.1 Å². The van der Waals surface area contributed by atoms with E-state index in [1.807, 2.05) is 37.6 Å².